The maximum atomic E-state index is 12.4. The van der Waals surface area contributed by atoms with Crippen LogP contribution in [0.15, 0.2) is 6.20 Å². The lowest BCUT2D eigenvalue weighted by atomic mass is 10.2. The van der Waals surface area contributed by atoms with Crippen molar-refractivity contribution < 1.29 is 9.53 Å². The Hall–Kier alpha value is -1.12. The maximum absolute atomic E-state index is 12.4. The fourth-order valence-electron chi connectivity index (χ4n) is 1.94. The number of fused-ring (bicyclic) bond motifs is 1. The molecule has 1 atom stereocenters. The number of hydrogen-bond donors (Lipinski definition) is 1. The monoisotopic (exact) mass is 346 g/mol. The highest BCUT2D eigenvalue weighted by molar-refractivity contribution is 7.98. The van der Waals surface area contributed by atoms with Crippen LogP contribution in [0.25, 0.3) is 0 Å². The Balaban J connectivity index is 2.47. The Labute approximate surface area is 137 Å². The van der Waals surface area contributed by atoms with Gasteiger partial charge in [-0.25, -0.2) is 4.79 Å². The van der Waals surface area contributed by atoms with Crippen LogP contribution in [0.4, 0.5) is 16.2 Å². The molecule has 0 bridgehead atoms. The Morgan fingerprint density at radius 1 is 1.67 bits per heavy atom. The SMILES string of the molecule is CSCC1C(=S)Nc2c(cnnc2Cl)N1C(=O)OC(C)C. The molecule has 0 radical (unpaired) electrons. The van der Waals surface area contributed by atoms with Crippen molar-refractivity contribution in [2.24, 2.45) is 0 Å². The largest absolute Gasteiger partial charge is 0.446 e. The lowest BCUT2D eigenvalue weighted by Gasteiger charge is -2.37. The zero-order valence-electron chi connectivity index (χ0n) is 11.8. The predicted octanol–water partition coefficient (Wildman–Crippen LogP) is 2.97. The van der Waals surface area contributed by atoms with Crippen molar-refractivity contribution >= 4 is 58.0 Å². The molecule has 1 amide bonds. The number of thioether (sulfide) groups is 1. The number of hydrogen-bond acceptors (Lipinski definition) is 6. The summed E-state index contributed by atoms with van der Waals surface area (Å²) in [6.07, 6.45) is 2.72. The predicted molar refractivity (Wildman–Crippen MR) is 89.5 cm³/mol. The number of nitrogens with one attached hydrogen (secondary N) is 1. The molecular formula is C12H15ClN4O2S2. The fraction of sp³-hybridized carbons (Fsp3) is 0.500. The average molecular weight is 347 g/mol. The molecule has 1 aromatic rings. The van der Waals surface area contributed by atoms with E-state index in [1.165, 1.54) is 11.1 Å². The van der Waals surface area contributed by atoms with E-state index >= 15 is 0 Å². The van der Waals surface area contributed by atoms with Crippen molar-refractivity contribution in [1.82, 2.24) is 10.2 Å². The first-order chi connectivity index (χ1) is 9.95. The Bertz CT molecular complexity index is 570. The van der Waals surface area contributed by atoms with E-state index in [2.05, 4.69) is 15.5 Å². The summed E-state index contributed by atoms with van der Waals surface area (Å²) in [6.45, 7) is 3.58. The molecule has 0 fully saturated rings. The number of rotatable bonds is 3. The maximum Gasteiger partial charge on any atom is 0.415 e. The van der Waals surface area contributed by atoms with E-state index in [1.54, 1.807) is 25.6 Å². The third-order valence-corrected chi connectivity index (χ3v) is 4.06. The van der Waals surface area contributed by atoms with E-state index < -0.39 is 6.09 Å². The van der Waals surface area contributed by atoms with Gasteiger partial charge in [0.2, 0.25) is 0 Å². The summed E-state index contributed by atoms with van der Waals surface area (Å²) in [5.74, 6) is 0.637. The highest BCUT2D eigenvalue weighted by atomic mass is 35.5. The topological polar surface area (TPSA) is 67.4 Å². The first-order valence-corrected chi connectivity index (χ1v) is 8.44. The van der Waals surface area contributed by atoms with Gasteiger partial charge in [0, 0.05) is 5.75 Å². The molecule has 0 saturated carbocycles. The van der Waals surface area contributed by atoms with E-state index in [0.29, 0.717) is 22.1 Å². The number of anilines is 2. The molecule has 0 saturated heterocycles. The van der Waals surface area contributed by atoms with Gasteiger partial charge >= 0.3 is 6.09 Å². The molecule has 0 aromatic carbocycles. The molecule has 9 heteroatoms. The van der Waals surface area contributed by atoms with Crippen molar-refractivity contribution in [3.8, 4) is 0 Å². The summed E-state index contributed by atoms with van der Waals surface area (Å²) in [5, 5.41) is 10.8. The quantitative estimate of drug-likeness (QED) is 0.844. The lowest BCUT2D eigenvalue weighted by molar-refractivity contribution is 0.122. The third-order valence-electron chi connectivity index (χ3n) is 2.77. The number of carbonyl (C=O) groups is 1. The molecule has 6 nitrogen and oxygen atoms in total. The van der Waals surface area contributed by atoms with E-state index in [1.807, 2.05) is 6.26 Å². The van der Waals surface area contributed by atoms with Gasteiger partial charge in [0.15, 0.2) is 5.15 Å². The van der Waals surface area contributed by atoms with Gasteiger partial charge in [0.05, 0.1) is 24.0 Å². The second-order valence-corrected chi connectivity index (χ2v) is 6.37. The number of aromatic nitrogens is 2. The van der Waals surface area contributed by atoms with Crippen LogP contribution in [0.2, 0.25) is 5.15 Å². The van der Waals surface area contributed by atoms with E-state index in [0.717, 1.165) is 0 Å². The lowest BCUT2D eigenvalue weighted by Crippen LogP contribution is -2.52. The third kappa shape index (κ3) is 3.38. The number of ether oxygens (including phenoxy) is 1. The first kappa shape index (κ1) is 16.3. The van der Waals surface area contributed by atoms with Crippen LogP contribution in [0.3, 0.4) is 0 Å². The van der Waals surface area contributed by atoms with Gasteiger partial charge in [-0.3, -0.25) is 4.90 Å². The van der Waals surface area contributed by atoms with Gasteiger partial charge < -0.3 is 10.1 Å². The minimum Gasteiger partial charge on any atom is -0.446 e. The minimum absolute atomic E-state index is 0.166. The number of amides is 1. The van der Waals surface area contributed by atoms with Crippen molar-refractivity contribution in [3.05, 3.63) is 11.3 Å². The highest BCUT2D eigenvalue weighted by Gasteiger charge is 2.37. The van der Waals surface area contributed by atoms with Crippen LogP contribution >= 0.6 is 35.6 Å². The second kappa shape index (κ2) is 6.76. The first-order valence-electron chi connectivity index (χ1n) is 6.26. The Morgan fingerprint density at radius 2 is 2.38 bits per heavy atom. The normalized spacial score (nSPS) is 17.5. The van der Waals surface area contributed by atoms with Crippen molar-refractivity contribution in [2.45, 2.75) is 26.0 Å². The molecule has 1 aliphatic rings. The number of carbonyl (C=O) groups excluding carboxylic acids is 1. The van der Waals surface area contributed by atoms with Gasteiger partial charge in [-0.15, -0.1) is 5.10 Å². The van der Waals surface area contributed by atoms with Crippen molar-refractivity contribution in [1.29, 1.82) is 0 Å². The van der Waals surface area contributed by atoms with Crippen LogP contribution in [0.5, 0.6) is 0 Å². The molecule has 2 rings (SSSR count). The molecular weight excluding hydrogens is 332 g/mol. The molecule has 0 spiro atoms. The zero-order chi connectivity index (χ0) is 15.6. The smallest absolute Gasteiger partial charge is 0.415 e. The molecule has 2 heterocycles. The number of halogens is 1. The Morgan fingerprint density at radius 3 is 3.00 bits per heavy atom. The van der Waals surface area contributed by atoms with Gasteiger partial charge in [-0.1, -0.05) is 23.8 Å². The summed E-state index contributed by atoms with van der Waals surface area (Å²) in [6, 6.07) is -0.311. The van der Waals surface area contributed by atoms with Gasteiger partial charge in [-0.05, 0) is 20.1 Å². The number of thiocarbonyl (C=S) groups is 1. The molecule has 1 aromatic heterocycles. The van der Waals surface area contributed by atoms with Crippen LogP contribution < -0.4 is 10.2 Å². The van der Waals surface area contributed by atoms with E-state index in [4.69, 9.17) is 28.6 Å². The van der Waals surface area contributed by atoms with Crippen LogP contribution in [-0.4, -0.2) is 45.4 Å². The van der Waals surface area contributed by atoms with Gasteiger partial charge in [-0.2, -0.15) is 16.9 Å². The van der Waals surface area contributed by atoms with Crippen molar-refractivity contribution in [3.63, 3.8) is 0 Å². The summed E-state index contributed by atoms with van der Waals surface area (Å²) < 4.78 is 5.31. The molecule has 21 heavy (non-hydrogen) atoms. The van der Waals surface area contributed by atoms with E-state index in [9.17, 15) is 4.79 Å². The summed E-state index contributed by atoms with van der Waals surface area (Å²) in [7, 11) is 0. The molecule has 114 valence electrons. The summed E-state index contributed by atoms with van der Waals surface area (Å²) in [5.41, 5.74) is 1.00. The van der Waals surface area contributed by atoms with Crippen LogP contribution in [-0.2, 0) is 4.74 Å². The zero-order valence-corrected chi connectivity index (χ0v) is 14.2. The molecule has 0 aliphatic carbocycles. The van der Waals surface area contributed by atoms with Crippen LogP contribution in [0, 0.1) is 0 Å². The standard InChI is InChI=1S/C12H15ClN4O2S2/c1-6(2)19-12(18)17-7-4-14-16-10(13)9(7)15-11(20)8(17)5-21-3/h4,6,8H,5H2,1-3H3,(H,15,20). The average Bonchev–Trinajstić information content (AvgIpc) is 2.40. The van der Waals surface area contributed by atoms with E-state index in [-0.39, 0.29) is 17.3 Å². The fourth-order valence-corrected chi connectivity index (χ4v) is 3.15. The van der Waals surface area contributed by atoms with Crippen LogP contribution in [0.1, 0.15) is 13.8 Å². The Kier molecular flexibility index (Phi) is 5.23. The van der Waals surface area contributed by atoms with Crippen molar-refractivity contribution in [2.75, 3.05) is 22.2 Å². The van der Waals surface area contributed by atoms with Gasteiger partial charge in [0.25, 0.3) is 0 Å². The molecule has 1 N–H and O–H groups in total. The number of nitrogens with zero attached hydrogens (tertiary/aromatic N) is 3. The van der Waals surface area contributed by atoms with Gasteiger partial charge in [0.1, 0.15) is 10.7 Å². The summed E-state index contributed by atoms with van der Waals surface area (Å²) >= 11 is 13.0. The minimum atomic E-state index is -0.474. The molecule has 1 aliphatic heterocycles. The summed E-state index contributed by atoms with van der Waals surface area (Å²) in [4.78, 5) is 14.4. The molecule has 1 unspecified atom stereocenters. The highest BCUT2D eigenvalue weighted by Crippen LogP contribution is 2.37. The second-order valence-electron chi connectivity index (χ2n) is 4.66.